The van der Waals surface area contributed by atoms with Gasteiger partial charge in [-0.2, -0.15) is 0 Å². The molecule has 0 bridgehead atoms. The zero-order valence-corrected chi connectivity index (χ0v) is 18.1. The largest absolute Gasteiger partial charge is 0.352 e. The lowest BCUT2D eigenvalue weighted by Gasteiger charge is -2.35. The Hall–Kier alpha value is -2.73. The van der Waals surface area contributed by atoms with Crippen LogP contribution < -0.4 is 4.90 Å². The Morgan fingerprint density at radius 1 is 1.10 bits per heavy atom. The number of amides is 1. The molecule has 2 aromatic heterocycles. The van der Waals surface area contributed by atoms with Gasteiger partial charge in [-0.05, 0) is 54.5 Å². The summed E-state index contributed by atoms with van der Waals surface area (Å²) >= 11 is 1.74. The third kappa shape index (κ3) is 3.72. The van der Waals surface area contributed by atoms with Crippen molar-refractivity contribution in [2.75, 3.05) is 31.1 Å². The number of fused-ring (bicyclic) bond motifs is 2. The van der Waals surface area contributed by atoms with Gasteiger partial charge in [0.15, 0.2) is 0 Å². The summed E-state index contributed by atoms with van der Waals surface area (Å²) in [5, 5.41) is 1.13. The Morgan fingerprint density at radius 2 is 1.93 bits per heavy atom. The van der Waals surface area contributed by atoms with Gasteiger partial charge in [0.2, 0.25) is 5.91 Å². The predicted molar refractivity (Wildman–Crippen MR) is 123 cm³/mol. The average molecular weight is 419 g/mol. The molecule has 154 valence electrons. The third-order valence-electron chi connectivity index (χ3n) is 6.14. The van der Waals surface area contributed by atoms with Crippen molar-refractivity contribution in [2.45, 2.75) is 32.6 Å². The summed E-state index contributed by atoms with van der Waals surface area (Å²) in [7, 11) is 0. The first-order valence-electron chi connectivity index (χ1n) is 10.8. The first kappa shape index (κ1) is 19.2. The first-order valence-corrected chi connectivity index (χ1v) is 11.6. The number of anilines is 1. The molecule has 5 nitrogen and oxygen atoms in total. The van der Waals surface area contributed by atoms with Crippen molar-refractivity contribution >= 4 is 39.4 Å². The second-order valence-electron chi connectivity index (χ2n) is 8.01. The quantitative estimate of drug-likeness (QED) is 0.599. The first-order chi connectivity index (χ1) is 14.7. The van der Waals surface area contributed by atoms with Crippen molar-refractivity contribution in [2.24, 2.45) is 0 Å². The molecule has 1 aliphatic carbocycles. The molecule has 1 fully saturated rings. The van der Waals surface area contributed by atoms with E-state index in [0.717, 1.165) is 47.5 Å². The molecule has 2 aliphatic rings. The van der Waals surface area contributed by atoms with E-state index in [4.69, 9.17) is 0 Å². The molecule has 1 amide bonds. The highest BCUT2D eigenvalue weighted by Gasteiger charge is 2.22. The van der Waals surface area contributed by atoms with Crippen LogP contribution in [0.2, 0.25) is 0 Å². The SMILES string of the molecule is CCc1cc2c(N3CCN(C(=O)/C=C/c4ccc5c(c4)CCC5)CC3)ncnc2s1. The van der Waals surface area contributed by atoms with Crippen molar-refractivity contribution in [3.05, 3.63) is 58.2 Å². The Morgan fingerprint density at radius 3 is 2.77 bits per heavy atom. The Labute approximate surface area is 181 Å². The molecule has 0 spiro atoms. The maximum atomic E-state index is 12.7. The lowest BCUT2D eigenvalue weighted by Crippen LogP contribution is -2.48. The van der Waals surface area contributed by atoms with E-state index in [1.165, 1.54) is 28.8 Å². The van der Waals surface area contributed by atoms with Gasteiger partial charge in [0.25, 0.3) is 0 Å². The zero-order valence-electron chi connectivity index (χ0n) is 17.3. The number of piperazine rings is 1. The van der Waals surface area contributed by atoms with Crippen LogP contribution in [0.5, 0.6) is 0 Å². The van der Waals surface area contributed by atoms with E-state index in [9.17, 15) is 4.79 Å². The van der Waals surface area contributed by atoms with E-state index in [2.05, 4.69) is 46.1 Å². The topological polar surface area (TPSA) is 49.3 Å². The van der Waals surface area contributed by atoms with Gasteiger partial charge >= 0.3 is 0 Å². The number of carbonyl (C=O) groups is 1. The van der Waals surface area contributed by atoms with Gasteiger partial charge in [0.05, 0.1) is 5.39 Å². The molecule has 0 unspecified atom stereocenters. The van der Waals surface area contributed by atoms with Crippen LogP contribution in [0.3, 0.4) is 0 Å². The van der Waals surface area contributed by atoms with Crippen LogP contribution in [0.1, 0.15) is 34.9 Å². The molecule has 30 heavy (non-hydrogen) atoms. The minimum atomic E-state index is 0.0896. The fraction of sp³-hybridized carbons (Fsp3) is 0.375. The number of hydrogen-bond donors (Lipinski definition) is 0. The molecule has 1 saturated heterocycles. The highest BCUT2D eigenvalue weighted by atomic mass is 32.1. The van der Waals surface area contributed by atoms with Gasteiger partial charge in [-0.1, -0.05) is 25.1 Å². The van der Waals surface area contributed by atoms with Gasteiger partial charge in [0, 0.05) is 37.1 Å². The monoisotopic (exact) mass is 418 g/mol. The molecule has 0 radical (unpaired) electrons. The van der Waals surface area contributed by atoms with Crippen LogP contribution in [0.25, 0.3) is 16.3 Å². The zero-order chi connectivity index (χ0) is 20.5. The van der Waals surface area contributed by atoms with Crippen LogP contribution in [0.15, 0.2) is 36.7 Å². The maximum Gasteiger partial charge on any atom is 0.246 e. The molecule has 6 heteroatoms. The van der Waals surface area contributed by atoms with Gasteiger partial charge in [-0.15, -0.1) is 11.3 Å². The fourth-order valence-electron chi connectivity index (χ4n) is 4.43. The van der Waals surface area contributed by atoms with E-state index in [1.54, 1.807) is 23.7 Å². The van der Waals surface area contributed by atoms with E-state index in [0.29, 0.717) is 13.1 Å². The minimum Gasteiger partial charge on any atom is -0.352 e. The highest BCUT2D eigenvalue weighted by molar-refractivity contribution is 7.18. The summed E-state index contributed by atoms with van der Waals surface area (Å²) in [5.74, 6) is 1.09. The van der Waals surface area contributed by atoms with E-state index < -0.39 is 0 Å². The molecule has 1 aromatic carbocycles. The Balaban J connectivity index is 1.24. The summed E-state index contributed by atoms with van der Waals surface area (Å²) in [5.41, 5.74) is 4.02. The number of aryl methyl sites for hydroxylation is 3. The predicted octanol–water partition coefficient (Wildman–Crippen LogP) is 4.10. The Kier molecular flexibility index (Phi) is 5.25. The van der Waals surface area contributed by atoms with Crippen molar-refractivity contribution in [1.29, 1.82) is 0 Å². The number of hydrogen-bond acceptors (Lipinski definition) is 5. The maximum absolute atomic E-state index is 12.7. The number of carbonyl (C=O) groups excluding carboxylic acids is 1. The fourth-order valence-corrected chi connectivity index (χ4v) is 5.36. The van der Waals surface area contributed by atoms with Crippen LogP contribution in [-0.4, -0.2) is 47.0 Å². The molecule has 3 heterocycles. The van der Waals surface area contributed by atoms with Crippen LogP contribution in [0, 0.1) is 0 Å². The summed E-state index contributed by atoms with van der Waals surface area (Å²) < 4.78 is 0. The second-order valence-corrected chi connectivity index (χ2v) is 9.12. The molecule has 0 N–H and O–H groups in total. The number of benzene rings is 1. The molecular weight excluding hydrogens is 392 g/mol. The second kappa shape index (κ2) is 8.19. The number of aromatic nitrogens is 2. The van der Waals surface area contributed by atoms with E-state index in [1.807, 2.05) is 11.0 Å². The summed E-state index contributed by atoms with van der Waals surface area (Å²) in [6.07, 6.45) is 9.94. The molecule has 0 atom stereocenters. The van der Waals surface area contributed by atoms with Gasteiger partial charge < -0.3 is 9.80 Å². The lowest BCUT2D eigenvalue weighted by atomic mass is 10.1. The van der Waals surface area contributed by atoms with Crippen LogP contribution in [0.4, 0.5) is 5.82 Å². The van der Waals surface area contributed by atoms with Gasteiger partial charge in [-0.25, -0.2) is 9.97 Å². The summed E-state index contributed by atoms with van der Waals surface area (Å²) in [6.45, 7) is 5.18. The van der Waals surface area contributed by atoms with Crippen molar-refractivity contribution in [1.82, 2.24) is 14.9 Å². The lowest BCUT2D eigenvalue weighted by molar-refractivity contribution is -0.126. The molecular formula is C24H26N4OS. The molecule has 0 saturated carbocycles. The molecule has 1 aliphatic heterocycles. The minimum absolute atomic E-state index is 0.0896. The smallest absolute Gasteiger partial charge is 0.246 e. The molecule has 3 aromatic rings. The average Bonchev–Trinajstić information content (AvgIpc) is 3.43. The van der Waals surface area contributed by atoms with Crippen LogP contribution >= 0.6 is 11.3 Å². The Bertz CT molecular complexity index is 1110. The summed E-state index contributed by atoms with van der Waals surface area (Å²) in [6, 6.07) is 8.78. The van der Waals surface area contributed by atoms with Crippen LogP contribution in [-0.2, 0) is 24.1 Å². The van der Waals surface area contributed by atoms with Crippen molar-refractivity contribution in [3.63, 3.8) is 0 Å². The molecule has 5 rings (SSSR count). The number of nitrogens with zero attached hydrogens (tertiary/aromatic N) is 4. The summed E-state index contributed by atoms with van der Waals surface area (Å²) in [4.78, 5) is 28.3. The normalized spacial score (nSPS) is 16.6. The van der Waals surface area contributed by atoms with Crippen molar-refractivity contribution < 1.29 is 4.79 Å². The van der Waals surface area contributed by atoms with Gasteiger partial charge in [-0.3, -0.25) is 4.79 Å². The third-order valence-corrected chi connectivity index (χ3v) is 7.33. The van der Waals surface area contributed by atoms with Crippen molar-refractivity contribution in [3.8, 4) is 0 Å². The number of thiophene rings is 1. The standard InChI is InChI=1S/C24H26N4OS/c1-2-20-15-21-23(25-16-26-24(21)30-20)28-12-10-27(11-13-28)22(29)9-7-17-6-8-18-4-3-5-19(18)14-17/h6-9,14-16H,2-5,10-13H2,1H3/b9-7+. The highest BCUT2D eigenvalue weighted by Crippen LogP contribution is 2.31. The van der Waals surface area contributed by atoms with E-state index >= 15 is 0 Å². The number of rotatable bonds is 4. The van der Waals surface area contributed by atoms with E-state index in [-0.39, 0.29) is 5.91 Å². The van der Waals surface area contributed by atoms with Gasteiger partial charge in [0.1, 0.15) is 17.0 Å².